The summed E-state index contributed by atoms with van der Waals surface area (Å²) in [4.78, 5) is 15.2. The zero-order chi connectivity index (χ0) is 25.1. The topological polar surface area (TPSA) is 87.7 Å². The summed E-state index contributed by atoms with van der Waals surface area (Å²) >= 11 is 0. The second-order valence-corrected chi connectivity index (χ2v) is 8.69. The quantitative estimate of drug-likeness (QED) is 0.318. The Hall–Kier alpha value is -4.26. The van der Waals surface area contributed by atoms with Gasteiger partial charge in [0.05, 0.1) is 12.6 Å². The van der Waals surface area contributed by atoms with Crippen LogP contribution in [0.4, 0.5) is 0 Å². The fourth-order valence-corrected chi connectivity index (χ4v) is 4.71. The van der Waals surface area contributed by atoms with Crippen molar-refractivity contribution in [3.63, 3.8) is 0 Å². The standard InChI is InChI=1S/C29H29N3O4/c1-3-16-32-28(25-26(30-31-27(25)29(32)34)21-12-8-9-13-22(21)33)20-14-15-23(24(17-20)35-4-2)36-18-19-10-6-5-7-11-19/h5-15,17,28,33H,3-4,16,18H2,1-2H3,(H,30,31)/t28-/m0/s1. The van der Waals surface area contributed by atoms with E-state index < -0.39 is 0 Å². The Morgan fingerprint density at radius 3 is 2.50 bits per heavy atom. The van der Waals surface area contributed by atoms with E-state index in [9.17, 15) is 9.90 Å². The lowest BCUT2D eigenvalue weighted by molar-refractivity contribution is 0.0743. The van der Waals surface area contributed by atoms with Crippen LogP contribution in [0.3, 0.4) is 0 Å². The number of aromatic nitrogens is 2. The Morgan fingerprint density at radius 1 is 0.972 bits per heavy atom. The zero-order valence-corrected chi connectivity index (χ0v) is 20.4. The van der Waals surface area contributed by atoms with Crippen LogP contribution in [0.15, 0.2) is 72.8 Å². The molecular weight excluding hydrogens is 454 g/mol. The normalized spacial score (nSPS) is 14.7. The minimum absolute atomic E-state index is 0.103. The molecule has 1 aliphatic heterocycles. The Balaban J connectivity index is 1.56. The van der Waals surface area contributed by atoms with E-state index in [0.29, 0.717) is 48.2 Å². The molecular formula is C29H29N3O4. The van der Waals surface area contributed by atoms with E-state index >= 15 is 0 Å². The molecule has 1 atom stereocenters. The average molecular weight is 484 g/mol. The van der Waals surface area contributed by atoms with Gasteiger partial charge in [-0.3, -0.25) is 9.89 Å². The fourth-order valence-electron chi connectivity index (χ4n) is 4.71. The van der Waals surface area contributed by atoms with E-state index in [4.69, 9.17) is 9.47 Å². The molecule has 0 spiro atoms. The molecule has 0 aliphatic carbocycles. The lowest BCUT2D eigenvalue weighted by Crippen LogP contribution is -2.30. The molecule has 5 rings (SSSR count). The summed E-state index contributed by atoms with van der Waals surface area (Å²) < 4.78 is 12.1. The van der Waals surface area contributed by atoms with Crippen LogP contribution in [-0.4, -0.2) is 39.3 Å². The number of nitrogens with one attached hydrogen (secondary N) is 1. The Kier molecular flexibility index (Phi) is 6.62. The highest BCUT2D eigenvalue weighted by atomic mass is 16.5. The predicted molar refractivity (Wildman–Crippen MR) is 137 cm³/mol. The summed E-state index contributed by atoms with van der Waals surface area (Å²) in [6, 6.07) is 22.5. The number of fused-ring (bicyclic) bond motifs is 1. The maximum absolute atomic E-state index is 13.4. The van der Waals surface area contributed by atoms with Gasteiger partial charge in [0, 0.05) is 17.7 Å². The maximum atomic E-state index is 13.4. The van der Waals surface area contributed by atoms with Crippen molar-refractivity contribution in [1.29, 1.82) is 0 Å². The van der Waals surface area contributed by atoms with E-state index in [1.807, 2.05) is 79.4 Å². The van der Waals surface area contributed by atoms with Crippen molar-refractivity contribution in [2.75, 3.05) is 13.2 Å². The molecule has 0 fully saturated rings. The van der Waals surface area contributed by atoms with Gasteiger partial charge in [0.2, 0.25) is 0 Å². The second-order valence-electron chi connectivity index (χ2n) is 8.69. The van der Waals surface area contributed by atoms with Crippen LogP contribution >= 0.6 is 0 Å². The molecule has 0 radical (unpaired) electrons. The third-order valence-electron chi connectivity index (χ3n) is 6.31. The van der Waals surface area contributed by atoms with Crippen molar-refractivity contribution in [2.45, 2.75) is 32.9 Å². The number of hydrogen-bond donors (Lipinski definition) is 2. The first-order valence-corrected chi connectivity index (χ1v) is 12.2. The van der Waals surface area contributed by atoms with Gasteiger partial charge in [-0.2, -0.15) is 5.10 Å². The summed E-state index contributed by atoms with van der Waals surface area (Å²) in [6.45, 7) is 5.47. The van der Waals surface area contributed by atoms with Gasteiger partial charge in [0.25, 0.3) is 5.91 Å². The number of carbonyl (C=O) groups is 1. The summed E-state index contributed by atoms with van der Waals surface area (Å²) in [6.07, 6.45) is 0.808. The molecule has 1 aliphatic rings. The van der Waals surface area contributed by atoms with Crippen molar-refractivity contribution >= 4 is 5.91 Å². The fraction of sp³-hybridized carbons (Fsp3) is 0.241. The van der Waals surface area contributed by atoms with E-state index in [-0.39, 0.29) is 17.7 Å². The number of aromatic hydroxyl groups is 1. The molecule has 3 aromatic carbocycles. The molecule has 0 saturated heterocycles. The zero-order valence-electron chi connectivity index (χ0n) is 20.4. The van der Waals surface area contributed by atoms with Crippen molar-refractivity contribution in [1.82, 2.24) is 15.1 Å². The lowest BCUT2D eigenvalue weighted by Gasteiger charge is -2.26. The number of para-hydroxylation sites is 1. The molecule has 2 heterocycles. The minimum Gasteiger partial charge on any atom is -0.507 e. The molecule has 4 aromatic rings. The molecule has 1 aromatic heterocycles. The average Bonchev–Trinajstić information content (AvgIpc) is 3.44. The Labute approximate surface area is 210 Å². The van der Waals surface area contributed by atoms with Gasteiger partial charge in [-0.1, -0.05) is 55.5 Å². The summed E-state index contributed by atoms with van der Waals surface area (Å²) in [5.41, 5.74) is 4.32. The second kappa shape index (κ2) is 10.2. The van der Waals surface area contributed by atoms with E-state index in [2.05, 4.69) is 10.2 Å². The van der Waals surface area contributed by atoms with E-state index in [1.165, 1.54) is 0 Å². The lowest BCUT2D eigenvalue weighted by atomic mass is 9.95. The molecule has 0 bridgehead atoms. The van der Waals surface area contributed by atoms with Gasteiger partial charge in [-0.25, -0.2) is 0 Å². The highest BCUT2D eigenvalue weighted by Crippen LogP contribution is 2.46. The number of aromatic amines is 1. The molecule has 184 valence electrons. The molecule has 0 saturated carbocycles. The van der Waals surface area contributed by atoms with Crippen molar-refractivity contribution < 1.29 is 19.4 Å². The summed E-state index contributed by atoms with van der Waals surface area (Å²) in [5, 5.41) is 17.9. The van der Waals surface area contributed by atoms with Gasteiger partial charge in [-0.05, 0) is 48.7 Å². The Morgan fingerprint density at radius 2 is 1.75 bits per heavy atom. The third kappa shape index (κ3) is 4.28. The van der Waals surface area contributed by atoms with E-state index in [0.717, 1.165) is 23.1 Å². The van der Waals surface area contributed by atoms with E-state index in [1.54, 1.807) is 12.1 Å². The molecule has 7 heteroatoms. The van der Waals surface area contributed by atoms with Crippen LogP contribution in [-0.2, 0) is 6.61 Å². The largest absolute Gasteiger partial charge is 0.507 e. The number of benzene rings is 3. The number of nitrogens with zero attached hydrogens (tertiary/aromatic N) is 2. The van der Waals surface area contributed by atoms with Crippen molar-refractivity contribution in [3.8, 4) is 28.5 Å². The summed E-state index contributed by atoms with van der Waals surface area (Å²) in [7, 11) is 0. The van der Waals surface area contributed by atoms with Gasteiger partial charge in [0.1, 0.15) is 23.7 Å². The van der Waals surface area contributed by atoms with Crippen LogP contribution < -0.4 is 9.47 Å². The molecule has 1 amide bonds. The number of ether oxygens (including phenoxy) is 2. The number of hydrogen-bond acceptors (Lipinski definition) is 5. The van der Waals surface area contributed by atoms with Gasteiger partial charge in [-0.15, -0.1) is 0 Å². The van der Waals surface area contributed by atoms with Crippen molar-refractivity contribution in [2.24, 2.45) is 0 Å². The highest BCUT2D eigenvalue weighted by molar-refractivity contribution is 6.00. The first-order valence-electron chi connectivity index (χ1n) is 12.2. The molecule has 2 N–H and O–H groups in total. The van der Waals surface area contributed by atoms with Gasteiger partial charge < -0.3 is 19.5 Å². The number of phenols is 1. The first kappa shape index (κ1) is 23.5. The molecule has 0 unspecified atom stereocenters. The monoisotopic (exact) mass is 483 g/mol. The SMILES string of the molecule is CCCN1C(=O)c2[nH]nc(-c3ccccc3O)c2[C@@H]1c1ccc(OCc2ccccc2)c(OCC)c1. The highest BCUT2D eigenvalue weighted by Gasteiger charge is 2.42. The maximum Gasteiger partial charge on any atom is 0.273 e. The minimum atomic E-state index is -0.372. The Bertz CT molecular complexity index is 1370. The van der Waals surface area contributed by atoms with Crippen molar-refractivity contribution in [3.05, 3.63) is 95.2 Å². The molecule has 36 heavy (non-hydrogen) atoms. The van der Waals surface area contributed by atoms with Crippen LogP contribution in [0.1, 0.15) is 53.5 Å². The number of carbonyl (C=O) groups excluding carboxylic acids is 1. The number of H-pyrrole nitrogens is 1. The van der Waals surface area contributed by atoms with Crippen LogP contribution in [0.25, 0.3) is 11.3 Å². The molecule has 7 nitrogen and oxygen atoms in total. The number of amides is 1. The number of phenolic OH excluding ortho intramolecular Hbond substituents is 1. The van der Waals surface area contributed by atoms with Gasteiger partial charge >= 0.3 is 0 Å². The van der Waals surface area contributed by atoms with Crippen LogP contribution in [0.5, 0.6) is 17.2 Å². The van der Waals surface area contributed by atoms with Crippen LogP contribution in [0, 0.1) is 0 Å². The van der Waals surface area contributed by atoms with Crippen LogP contribution in [0.2, 0.25) is 0 Å². The predicted octanol–water partition coefficient (Wildman–Crippen LogP) is 5.72. The van der Waals surface area contributed by atoms with Gasteiger partial charge in [0.15, 0.2) is 11.5 Å². The summed E-state index contributed by atoms with van der Waals surface area (Å²) in [5.74, 6) is 1.28. The number of rotatable bonds is 9. The third-order valence-corrected chi connectivity index (χ3v) is 6.31. The smallest absolute Gasteiger partial charge is 0.273 e. The first-order chi connectivity index (χ1) is 17.6.